The van der Waals surface area contributed by atoms with Gasteiger partial charge in [0.15, 0.2) is 0 Å². The molecule has 0 fully saturated rings. The van der Waals surface area contributed by atoms with Gasteiger partial charge in [0.2, 0.25) is 5.91 Å². The van der Waals surface area contributed by atoms with Gasteiger partial charge in [-0.3, -0.25) is 4.79 Å². The lowest BCUT2D eigenvalue weighted by Gasteiger charge is -2.24. The van der Waals surface area contributed by atoms with Crippen molar-refractivity contribution >= 4 is 11.7 Å². The topological polar surface area (TPSA) is 104 Å². The van der Waals surface area contributed by atoms with Crippen LogP contribution in [0.1, 0.15) is 29.2 Å². The Labute approximate surface area is 202 Å². The third kappa shape index (κ3) is 4.29. The SMILES string of the molecule is C#CCOc1cccc(C2CC(=O)Nc3c2c(C)nn3-c2nncc(-c3ccc(OC)cc3)n2)c1. The van der Waals surface area contributed by atoms with Gasteiger partial charge in [0.25, 0.3) is 5.95 Å². The predicted molar refractivity (Wildman–Crippen MR) is 130 cm³/mol. The summed E-state index contributed by atoms with van der Waals surface area (Å²) in [5.41, 5.74) is 4.07. The van der Waals surface area contributed by atoms with Gasteiger partial charge in [0.1, 0.15) is 23.9 Å². The van der Waals surface area contributed by atoms with E-state index >= 15 is 0 Å². The summed E-state index contributed by atoms with van der Waals surface area (Å²) < 4.78 is 12.3. The van der Waals surface area contributed by atoms with Crippen molar-refractivity contribution in [2.24, 2.45) is 0 Å². The van der Waals surface area contributed by atoms with Crippen molar-refractivity contribution in [3.05, 3.63) is 71.5 Å². The third-order valence-electron chi connectivity index (χ3n) is 5.81. The number of nitrogens with one attached hydrogen (secondary N) is 1. The van der Waals surface area contributed by atoms with Crippen molar-refractivity contribution in [3.63, 3.8) is 0 Å². The summed E-state index contributed by atoms with van der Waals surface area (Å²) in [4.78, 5) is 17.4. The third-order valence-corrected chi connectivity index (χ3v) is 5.81. The monoisotopic (exact) mass is 466 g/mol. The van der Waals surface area contributed by atoms with Gasteiger partial charge < -0.3 is 14.8 Å². The number of aryl methyl sites for hydroxylation is 1. The van der Waals surface area contributed by atoms with Crippen molar-refractivity contribution in [2.45, 2.75) is 19.3 Å². The van der Waals surface area contributed by atoms with Crippen LogP contribution in [0.25, 0.3) is 17.2 Å². The van der Waals surface area contributed by atoms with Crippen LogP contribution in [0.3, 0.4) is 0 Å². The number of carbonyl (C=O) groups is 1. The Morgan fingerprint density at radius 1 is 1.20 bits per heavy atom. The molecule has 9 nitrogen and oxygen atoms in total. The number of anilines is 1. The fourth-order valence-electron chi connectivity index (χ4n) is 4.21. The van der Waals surface area contributed by atoms with Crippen LogP contribution in [0.15, 0.2) is 54.7 Å². The van der Waals surface area contributed by atoms with E-state index in [9.17, 15) is 4.79 Å². The zero-order chi connectivity index (χ0) is 24.4. The lowest BCUT2D eigenvalue weighted by atomic mass is 9.86. The summed E-state index contributed by atoms with van der Waals surface area (Å²) in [6.45, 7) is 2.07. The van der Waals surface area contributed by atoms with Crippen molar-refractivity contribution in [3.8, 4) is 41.0 Å². The van der Waals surface area contributed by atoms with Crippen LogP contribution in [-0.2, 0) is 4.79 Å². The lowest BCUT2D eigenvalue weighted by Crippen LogP contribution is -2.25. The van der Waals surface area contributed by atoms with E-state index in [1.165, 1.54) is 4.68 Å². The summed E-state index contributed by atoms with van der Waals surface area (Å²) >= 11 is 0. The molecule has 174 valence electrons. The van der Waals surface area contributed by atoms with Crippen molar-refractivity contribution in [2.75, 3.05) is 19.0 Å². The minimum absolute atomic E-state index is 0.127. The highest BCUT2D eigenvalue weighted by Gasteiger charge is 2.33. The Hall–Kier alpha value is -4.71. The molecule has 0 spiro atoms. The van der Waals surface area contributed by atoms with Crippen molar-refractivity contribution in [1.82, 2.24) is 25.0 Å². The van der Waals surface area contributed by atoms with Gasteiger partial charge in [-0.15, -0.1) is 11.5 Å². The van der Waals surface area contributed by atoms with Gasteiger partial charge in [0.05, 0.1) is 24.7 Å². The van der Waals surface area contributed by atoms with E-state index < -0.39 is 0 Å². The molecule has 35 heavy (non-hydrogen) atoms. The Morgan fingerprint density at radius 3 is 2.80 bits per heavy atom. The van der Waals surface area contributed by atoms with Crippen LogP contribution in [0.5, 0.6) is 11.5 Å². The maximum Gasteiger partial charge on any atom is 0.272 e. The smallest absolute Gasteiger partial charge is 0.272 e. The van der Waals surface area contributed by atoms with Crippen molar-refractivity contribution < 1.29 is 14.3 Å². The number of rotatable bonds is 6. The second kappa shape index (κ2) is 9.27. The molecule has 0 bridgehead atoms. The maximum absolute atomic E-state index is 12.7. The lowest BCUT2D eigenvalue weighted by molar-refractivity contribution is -0.116. The zero-order valence-electron chi connectivity index (χ0n) is 19.2. The molecule has 5 rings (SSSR count). The summed E-state index contributed by atoms with van der Waals surface area (Å²) in [6, 6.07) is 15.1. The number of terminal acetylenes is 1. The molecule has 2 aromatic heterocycles. The molecule has 2 aromatic carbocycles. The Kier molecular flexibility index (Phi) is 5.85. The van der Waals surface area contributed by atoms with Gasteiger partial charge in [-0.1, -0.05) is 18.1 Å². The minimum Gasteiger partial charge on any atom is -0.497 e. The summed E-state index contributed by atoms with van der Waals surface area (Å²) in [5.74, 6) is 4.32. The molecule has 1 aliphatic rings. The van der Waals surface area contributed by atoms with Gasteiger partial charge in [-0.2, -0.15) is 14.9 Å². The normalized spacial score (nSPS) is 14.5. The standard InChI is InChI=1S/C26H22N6O3/c1-4-12-35-20-7-5-6-18(13-20)21-14-23(33)29-25-24(21)16(2)31-32(25)26-28-22(15-27-30-26)17-8-10-19(34-3)11-9-17/h1,5-11,13,15,21H,12,14H2,2-3H3,(H,29,33). The molecule has 1 N–H and O–H groups in total. The van der Waals surface area contributed by atoms with E-state index in [1.807, 2.05) is 55.5 Å². The Morgan fingerprint density at radius 2 is 2.03 bits per heavy atom. The number of carbonyl (C=O) groups excluding carboxylic acids is 1. The average molecular weight is 467 g/mol. The molecular formula is C26H22N6O3. The van der Waals surface area contributed by atoms with Crippen LogP contribution in [-0.4, -0.2) is 44.6 Å². The van der Waals surface area contributed by atoms with Gasteiger partial charge >= 0.3 is 0 Å². The Balaban J connectivity index is 1.55. The molecule has 0 radical (unpaired) electrons. The molecule has 3 heterocycles. The van der Waals surface area contributed by atoms with E-state index in [2.05, 4.69) is 31.5 Å². The van der Waals surface area contributed by atoms with Crippen molar-refractivity contribution in [1.29, 1.82) is 0 Å². The van der Waals surface area contributed by atoms with Crippen LogP contribution < -0.4 is 14.8 Å². The van der Waals surface area contributed by atoms with E-state index in [4.69, 9.17) is 15.9 Å². The predicted octanol–water partition coefficient (Wildman–Crippen LogP) is 3.53. The molecule has 1 aliphatic heterocycles. The first-order chi connectivity index (χ1) is 17.1. The highest BCUT2D eigenvalue weighted by molar-refractivity contribution is 5.95. The average Bonchev–Trinajstić information content (AvgIpc) is 3.23. The van der Waals surface area contributed by atoms with Crippen LogP contribution in [0.4, 0.5) is 5.82 Å². The molecule has 0 aliphatic carbocycles. The number of amides is 1. The van der Waals surface area contributed by atoms with Crippen LogP contribution in [0, 0.1) is 19.3 Å². The number of methoxy groups -OCH3 is 1. The molecule has 9 heteroatoms. The minimum atomic E-state index is -0.209. The van der Waals surface area contributed by atoms with E-state index in [0.717, 1.165) is 28.1 Å². The summed E-state index contributed by atoms with van der Waals surface area (Å²) in [6.07, 6.45) is 7.18. The first-order valence-electron chi connectivity index (χ1n) is 11.0. The van der Waals surface area contributed by atoms with Gasteiger partial charge in [0, 0.05) is 23.5 Å². The number of hydrogen-bond acceptors (Lipinski definition) is 7. The zero-order valence-corrected chi connectivity index (χ0v) is 19.2. The van der Waals surface area contributed by atoms with Crippen LogP contribution in [0.2, 0.25) is 0 Å². The van der Waals surface area contributed by atoms with E-state index in [1.54, 1.807) is 13.3 Å². The largest absolute Gasteiger partial charge is 0.497 e. The second-order valence-corrected chi connectivity index (χ2v) is 8.00. The number of fused-ring (bicyclic) bond motifs is 1. The Bertz CT molecular complexity index is 1440. The molecule has 0 saturated carbocycles. The fourth-order valence-corrected chi connectivity index (χ4v) is 4.21. The maximum atomic E-state index is 12.7. The number of ether oxygens (including phenoxy) is 2. The van der Waals surface area contributed by atoms with E-state index in [0.29, 0.717) is 17.3 Å². The van der Waals surface area contributed by atoms with E-state index in [-0.39, 0.29) is 30.8 Å². The highest BCUT2D eigenvalue weighted by Crippen LogP contribution is 2.40. The number of benzene rings is 2. The summed E-state index contributed by atoms with van der Waals surface area (Å²) in [5, 5.41) is 15.9. The van der Waals surface area contributed by atoms with Crippen LogP contribution >= 0.6 is 0 Å². The molecule has 1 unspecified atom stereocenters. The first kappa shape index (κ1) is 22.1. The van der Waals surface area contributed by atoms with Gasteiger partial charge in [-0.25, -0.2) is 4.98 Å². The number of aromatic nitrogens is 5. The van der Waals surface area contributed by atoms with Gasteiger partial charge in [-0.05, 0) is 48.9 Å². The molecular weight excluding hydrogens is 444 g/mol. The highest BCUT2D eigenvalue weighted by atomic mass is 16.5. The number of nitrogens with zero attached hydrogens (tertiary/aromatic N) is 5. The fraction of sp³-hybridized carbons (Fsp3) is 0.192. The molecule has 0 saturated heterocycles. The summed E-state index contributed by atoms with van der Waals surface area (Å²) in [7, 11) is 1.62. The number of hydrogen-bond donors (Lipinski definition) is 1. The quantitative estimate of drug-likeness (QED) is 0.434. The first-order valence-corrected chi connectivity index (χ1v) is 11.0. The molecule has 1 amide bonds. The second-order valence-electron chi connectivity index (χ2n) is 8.00. The molecule has 1 atom stereocenters. The molecule has 4 aromatic rings.